The summed E-state index contributed by atoms with van der Waals surface area (Å²) in [6, 6.07) is 11.4. The molecule has 0 amide bonds. The maximum Gasteiger partial charge on any atom is 0.236 e. The fraction of sp³-hybridized carbons (Fsp3) is 0.400. The van der Waals surface area contributed by atoms with Crippen molar-refractivity contribution in [3.8, 4) is 0 Å². The molecule has 134 valence electrons. The minimum Gasteiger partial charge on any atom is -0.371 e. The van der Waals surface area contributed by atoms with Crippen LogP contribution in [-0.4, -0.2) is 21.5 Å². The lowest BCUT2D eigenvalue weighted by Crippen LogP contribution is -2.22. The Hall–Kier alpha value is -2.01. The van der Waals surface area contributed by atoms with E-state index in [1.807, 2.05) is 44.2 Å². The zero-order valence-electron chi connectivity index (χ0n) is 15.2. The molecule has 0 saturated carbocycles. The third kappa shape index (κ3) is 3.98. The zero-order valence-corrected chi connectivity index (χ0v) is 16.0. The van der Waals surface area contributed by atoms with Crippen molar-refractivity contribution >= 4 is 21.4 Å². The molecule has 0 aromatic heterocycles. The molecule has 0 aliphatic carbocycles. The molecule has 1 fully saturated rings. The number of hydrogen-bond donors (Lipinski definition) is 1. The molecule has 1 aliphatic heterocycles. The first kappa shape index (κ1) is 17.8. The Bertz CT molecular complexity index is 855. The van der Waals surface area contributed by atoms with Gasteiger partial charge in [0.05, 0.1) is 11.4 Å². The SMILES string of the molecule is Cc1cc(C)c(N2CCCC2)c(C)c1NS(=O)(=O)Cc1ccccc1. The molecule has 25 heavy (non-hydrogen) atoms. The van der Waals surface area contributed by atoms with Crippen LogP contribution in [0, 0.1) is 20.8 Å². The van der Waals surface area contributed by atoms with Gasteiger partial charge in [0.15, 0.2) is 0 Å². The lowest BCUT2D eigenvalue weighted by atomic mass is 10.0. The second kappa shape index (κ2) is 7.08. The van der Waals surface area contributed by atoms with E-state index >= 15 is 0 Å². The Labute approximate surface area is 150 Å². The van der Waals surface area contributed by atoms with Gasteiger partial charge >= 0.3 is 0 Å². The molecule has 1 saturated heterocycles. The Morgan fingerprint density at radius 3 is 2.28 bits per heavy atom. The van der Waals surface area contributed by atoms with Gasteiger partial charge in [-0.1, -0.05) is 36.4 Å². The van der Waals surface area contributed by atoms with Crippen LogP contribution in [0.5, 0.6) is 0 Å². The van der Waals surface area contributed by atoms with Gasteiger partial charge in [0.2, 0.25) is 10.0 Å². The Kier molecular flexibility index (Phi) is 5.04. The van der Waals surface area contributed by atoms with Crippen LogP contribution >= 0.6 is 0 Å². The first-order chi connectivity index (χ1) is 11.9. The van der Waals surface area contributed by atoms with E-state index in [2.05, 4.69) is 22.6 Å². The van der Waals surface area contributed by atoms with Crippen molar-refractivity contribution in [3.05, 3.63) is 58.7 Å². The van der Waals surface area contributed by atoms with Crippen molar-refractivity contribution < 1.29 is 8.42 Å². The van der Waals surface area contributed by atoms with Gasteiger partial charge < -0.3 is 4.90 Å². The van der Waals surface area contributed by atoms with E-state index in [-0.39, 0.29) is 5.75 Å². The summed E-state index contributed by atoms with van der Waals surface area (Å²) in [4.78, 5) is 2.37. The van der Waals surface area contributed by atoms with E-state index in [0.717, 1.165) is 35.5 Å². The highest BCUT2D eigenvalue weighted by Crippen LogP contribution is 2.36. The highest BCUT2D eigenvalue weighted by Gasteiger charge is 2.22. The summed E-state index contributed by atoms with van der Waals surface area (Å²) in [5, 5.41) is 0. The summed E-state index contributed by atoms with van der Waals surface area (Å²) in [6.07, 6.45) is 2.39. The molecule has 0 spiro atoms. The number of benzene rings is 2. The van der Waals surface area contributed by atoms with Crippen molar-refractivity contribution in [2.75, 3.05) is 22.7 Å². The molecule has 3 rings (SSSR count). The van der Waals surface area contributed by atoms with Gasteiger partial charge in [0.1, 0.15) is 0 Å². The van der Waals surface area contributed by atoms with Crippen LogP contribution in [0.25, 0.3) is 0 Å². The molecule has 0 atom stereocenters. The number of rotatable bonds is 5. The van der Waals surface area contributed by atoms with Crippen LogP contribution < -0.4 is 9.62 Å². The van der Waals surface area contributed by atoms with Gasteiger partial charge in [-0.2, -0.15) is 0 Å². The number of sulfonamides is 1. The lowest BCUT2D eigenvalue weighted by molar-refractivity contribution is 0.600. The predicted octanol–water partition coefficient (Wildman–Crippen LogP) is 4.15. The van der Waals surface area contributed by atoms with Gasteiger partial charge in [0.25, 0.3) is 0 Å². The van der Waals surface area contributed by atoms with Crippen LogP contribution in [0.15, 0.2) is 36.4 Å². The molecule has 4 nitrogen and oxygen atoms in total. The van der Waals surface area contributed by atoms with Gasteiger partial charge in [0, 0.05) is 18.8 Å². The maximum atomic E-state index is 12.7. The van der Waals surface area contributed by atoms with Crippen molar-refractivity contribution in [2.24, 2.45) is 0 Å². The average Bonchev–Trinajstić information content (AvgIpc) is 3.06. The Balaban J connectivity index is 1.92. The number of aryl methyl sites for hydroxylation is 2. The smallest absolute Gasteiger partial charge is 0.236 e. The quantitative estimate of drug-likeness (QED) is 0.873. The predicted molar refractivity (Wildman–Crippen MR) is 105 cm³/mol. The van der Waals surface area contributed by atoms with Gasteiger partial charge in [-0.05, 0) is 55.9 Å². The molecule has 1 heterocycles. The van der Waals surface area contributed by atoms with Crippen LogP contribution in [-0.2, 0) is 15.8 Å². The molecule has 0 bridgehead atoms. The molecule has 5 heteroatoms. The molecular weight excluding hydrogens is 332 g/mol. The summed E-state index contributed by atoms with van der Waals surface area (Å²) >= 11 is 0. The van der Waals surface area contributed by atoms with E-state index < -0.39 is 10.0 Å². The number of nitrogens with one attached hydrogen (secondary N) is 1. The third-order valence-corrected chi connectivity index (χ3v) is 6.04. The fourth-order valence-corrected chi connectivity index (χ4v) is 5.07. The Morgan fingerprint density at radius 2 is 1.64 bits per heavy atom. The minimum absolute atomic E-state index is 0.0142. The van der Waals surface area contributed by atoms with E-state index in [1.54, 1.807) is 0 Å². The molecule has 1 N–H and O–H groups in total. The molecule has 0 unspecified atom stereocenters. The number of nitrogens with zero attached hydrogens (tertiary/aromatic N) is 1. The summed E-state index contributed by atoms with van der Waals surface area (Å²) < 4.78 is 28.2. The molecule has 1 aliphatic rings. The third-order valence-electron chi connectivity index (χ3n) is 4.81. The zero-order chi connectivity index (χ0) is 18.0. The minimum atomic E-state index is -3.45. The second-order valence-electron chi connectivity index (χ2n) is 6.90. The summed E-state index contributed by atoms with van der Waals surface area (Å²) in [6.45, 7) is 8.18. The molecule has 0 radical (unpaired) electrons. The van der Waals surface area contributed by atoms with Crippen molar-refractivity contribution in [3.63, 3.8) is 0 Å². The number of anilines is 2. The monoisotopic (exact) mass is 358 g/mol. The van der Waals surface area contributed by atoms with Crippen molar-refractivity contribution in [2.45, 2.75) is 39.4 Å². The maximum absolute atomic E-state index is 12.7. The highest BCUT2D eigenvalue weighted by molar-refractivity contribution is 7.91. The first-order valence-electron chi connectivity index (χ1n) is 8.77. The van der Waals surface area contributed by atoms with E-state index in [9.17, 15) is 8.42 Å². The average molecular weight is 359 g/mol. The lowest BCUT2D eigenvalue weighted by Gasteiger charge is -2.26. The van der Waals surface area contributed by atoms with Crippen LogP contribution in [0.3, 0.4) is 0 Å². The van der Waals surface area contributed by atoms with Gasteiger partial charge in [-0.3, -0.25) is 4.72 Å². The summed E-state index contributed by atoms with van der Waals surface area (Å²) in [5.41, 5.74) is 5.90. The van der Waals surface area contributed by atoms with E-state index in [1.165, 1.54) is 24.1 Å². The van der Waals surface area contributed by atoms with Crippen LogP contribution in [0.2, 0.25) is 0 Å². The standard InChI is InChI=1S/C20H26N2O2S/c1-15-13-16(2)20(22-11-7-8-12-22)17(3)19(15)21-25(23,24)14-18-9-5-4-6-10-18/h4-6,9-10,13,21H,7-8,11-12,14H2,1-3H3. The fourth-order valence-electron chi connectivity index (χ4n) is 3.74. The van der Waals surface area contributed by atoms with E-state index in [0.29, 0.717) is 0 Å². The normalized spacial score (nSPS) is 14.8. The van der Waals surface area contributed by atoms with Gasteiger partial charge in [-0.15, -0.1) is 0 Å². The Morgan fingerprint density at radius 1 is 1.00 bits per heavy atom. The molecule has 2 aromatic rings. The summed E-state index contributed by atoms with van der Waals surface area (Å²) in [7, 11) is -3.45. The highest BCUT2D eigenvalue weighted by atomic mass is 32.2. The molecular formula is C20H26N2O2S. The first-order valence-corrected chi connectivity index (χ1v) is 10.4. The van der Waals surface area contributed by atoms with Crippen LogP contribution in [0.1, 0.15) is 35.1 Å². The topological polar surface area (TPSA) is 49.4 Å². The second-order valence-corrected chi connectivity index (χ2v) is 8.62. The van der Waals surface area contributed by atoms with Crippen molar-refractivity contribution in [1.29, 1.82) is 0 Å². The largest absolute Gasteiger partial charge is 0.371 e. The molecule has 2 aromatic carbocycles. The van der Waals surface area contributed by atoms with Gasteiger partial charge in [-0.25, -0.2) is 8.42 Å². The summed E-state index contributed by atoms with van der Waals surface area (Å²) in [5.74, 6) is -0.0142. The van der Waals surface area contributed by atoms with Crippen molar-refractivity contribution in [1.82, 2.24) is 0 Å². The number of hydrogen-bond acceptors (Lipinski definition) is 3. The van der Waals surface area contributed by atoms with E-state index in [4.69, 9.17) is 0 Å². The van der Waals surface area contributed by atoms with Crippen LogP contribution in [0.4, 0.5) is 11.4 Å².